The van der Waals surface area contributed by atoms with E-state index in [1.807, 2.05) is 11.9 Å². The van der Waals surface area contributed by atoms with Gasteiger partial charge in [-0.2, -0.15) is 0 Å². The molecule has 0 aromatic heterocycles. The third-order valence-corrected chi connectivity index (χ3v) is 5.03. The fourth-order valence-electron chi connectivity index (χ4n) is 3.42. The van der Waals surface area contributed by atoms with Crippen molar-refractivity contribution < 1.29 is 9.53 Å². The highest BCUT2D eigenvalue weighted by atomic mass is 16.5. The number of urea groups is 1. The lowest BCUT2D eigenvalue weighted by atomic mass is 9.97. The maximum Gasteiger partial charge on any atom is 0.317 e. The van der Waals surface area contributed by atoms with Gasteiger partial charge in [0.25, 0.3) is 0 Å². The van der Waals surface area contributed by atoms with Gasteiger partial charge >= 0.3 is 6.03 Å². The third-order valence-electron chi connectivity index (χ3n) is 5.03. The minimum absolute atomic E-state index is 0.0683. The van der Waals surface area contributed by atoms with Crippen molar-refractivity contribution in [3.63, 3.8) is 0 Å². The first-order chi connectivity index (χ1) is 10.5. The molecule has 1 N–H and O–H groups in total. The summed E-state index contributed by atoms with van der Waals surface area (Å²) in [5.41, 5.74) is 0. The number of likely N-dealkylation sites (tertiary alicyclic amines) is 1. The van der Waals surface area contributed by atoms with Gasteiger partial charge in [-0.25, -0.2) is 4.79 Å². The van der Waals surface area contributed by atoms with Crippen molar-refractivity contribution in [1.82, 2.24) is 15.1 Å². The number of hydrogen-bond acceptors (Lipinski definition) is 3. The Morgan fingerprint density at radius 1 is 1.36 bits per heavy atom. The van der Waals surface area contributed by atoms with Gasteiger partial charge in [0.1, 0.15) is 0 Å². The van der Waals surface area contributed by atoms with Crippen LogP contribution in [-0.4, -0.2) is 68.3 Å². The number of piperidine rings is 1. The summed E-state index contributed by atoms with van der Waals surface area (Å²) in [6.07, 6.45) is 7.22. The second kappa shape index (κ2) is 8.73. The molecule has 2 aliphatic heterocycles. The van der Waals surface area contributed by atoms with E-state index < -0.39 is 0 Å². The van der Waals surface area contributed by atoms with E-state index in [1.54, 1.807) is 0 Å². The number of ether oxygens (including phenoxy) is 1. The normalized spacial score (nSPS) is 25.1. The molecule has 22 heavy (non-hydrogen) atoms. The summed E-state index contributed by atoms with van der Waals surface area (Å²) in [6.45, 7) is 6.18. The predicted octanol–water partition coefficient (Wildman–Crippen LogP) is 2.32. The van der Waals surface area contributed by atoms with Crippen molar-refractivity contribution in [2.75, 3.05) is 40.3 Å². The average molecular weight is 311 g/mol. The first-order valence-corrected chi connectivity index (χ1v) is 8.86. The molecule has 2 heterocycles. The lowest BCUT2D eigenvalue weighted by molar-refractivity contribution is 0.0999. The zero-order valence-electron chi connectivity index (χ0n) is 14.5. The second-order valence-electron chi connectivity index (χ2n) is 7.19. The highest BCUT2D eigenvalue weighted by Crippen LogP contribution is 2.18. The molecule has 0 saturated carbocycles. The molecule has 128 valence electrons. The van der Waals surface area contributed by atoms with Crippen molar-refractivity contribution >= 4 is 6.03 Å². The van der Waals surface area contributed by atoms with E-state index in [2.05, 4.69) is 24.2 Å². The Kier molecular flexibility index (Phi) is 6.96. The fraction of sp³-hybridized carbons (Fsp3) is 0.941. The van der Waals surface area contributed by atoms with Crippen molar-refractivity contribution in [1.29, 1.82) is 0 Å². The number of carbonyl (C=O) groups is 1. The van der Waals surface area contributed by atoms with E-state index in [4.69, 9.17) is 4.74 Å². The van der Waals surface area contributed by atoms with Crippen molar-refractivity contribution in [2.24, 2.45) is 5.92 Å². The Balaban J connectivity index is 1.62. The van der Waals surface area contributed by atoms with Crippen LogP contribution in [0.15, 0.2) is 0 Å². The van der Waals surface area contributed by atoms with Crippen molar-refractivity contribution in [2.45, 2.75) is 57.6 Å². The van der Waals surface area contributed by atoms with Gasteiger partial charge in [0.15, 0.2) is 0 Å². The second-order valence-corrected chi connectivity index (χ2v) is 7.19. The van der Waals surface area contributed by atoms with E-state index in [0.29, 0.717) is 12.0 Å². The first kappa shape index (κ1) is 17.5. The Morgan fingerprint density at radius 2 is 2.09 bits per heavy atom. The van der Waals surface area contributed by atoms with E-state index >= 15 is 0 Å². The zero-order valence-corrected chi connectivity index (χ0v) is 14.5. The molecule has 2 fully saturated rings. The molecule has 5 heteroatoms. The maximum absolute atomic E-state index is 12.3. The van der Waals surface area contributed by atoms with Gasteiger partial charge in [-0.05, 0) is 71.5 Å². The highest BCUT2D eigenvalue weighted by molar-refractivity contribution is 5.74. The van der Waals surface area contributed by atoms with E-state index in [0.717, 1.165) is 39.1 Å². The molecule has 0 aromatic carbocycles. The summed E-state index contributed by atoms with van der Waals surface area (Å²) in [5, 5.41) is 3.12. The van der Waals surface area contributed by atoms with Gasteiger partial charge in [0.05, 0.1) is 6.10 Å². The smallest absolute Gasteiger partial charge is 0.317 e. The summed E-state index contributed by atoms with van der Waals surface area (Å²) in [5.74, 6) is 0.647. The first-order valence-electron chi connectivity index (χ1n) is 8.86. The van der Waals surface area contributed by atoms with Crippen LogP contribution in [0.2, 0.25) is 0 Å². The van der Waals surface area contributed by atoms with Crippen LogP contribution in [0.1, 0.15) is 45.4 Å². The average Bonchev–Trinajstić information content (AvgIpc) is 3.01. The monoisotopic (exact) mass is 311 g/mol. The molecular weight excluding hydrogens is 278 g/mol. The van der Waals surface area contributed by atoms with Gasteiger partial charge < -0.3 is 19.9 Å². The minimum atomic E-state index is 0.0683. The SMILES string of the molecule is CC(CCC1CCCO1)NC(=O)N(C)CC1CCN(C)CC1. The topological polar surface area (TPSA) is 44.8 Å². The fourth-order valence-corrected chi connectivity index (χ4v) is 3.42. The standard InChI is InChI=1S/C17H33N3O2/c1-14(6-7-16-5-4-12-22-16)18-17(21)20(3)13-15-8-10-19(2)11-9-15/h14-16H,4-13H2,1-3H3,(H,18,21). The molecule has 2 rings (SSSR count). The van der Waals surface area contributed by atoms with Gasteiger partial charge in [-0.3, -0.25) is 0 Å². The van der Waals surface area contributed by atoms with Gasteiger partial charge in [0, 0.05) is 26.2 Å². The molecule has 0 radical (unpaired) electrons. The third kappa shape index (κ3) is 5.76. The van der Waals surface area contributed by atoms with Gasteiger partial charge in [-0.15, -0.1) is 0 Å². The quantitative estimate of drug-likeness (QED) is 0.819. The molecule has 0 aromatic rings. The molecule has 2 atom stereocenters. The molecule has 5 nitrogen and oxygen atoms in total. The van der Waals surface area contributed by atoms with Gasteiger partial charge in [-0.1, -0.05) is 0 Å². The highest BCUT2D eigenvalue weighted by Gasteiger charge is 2.21. The van der Waals surface area contributed by atoms with Gasteiger partial charge in [0.2, 0.25) is 0 Å². The van der Waals surface area contributed by atoms with Crippen LogP contribution in [0.4, 0.5) is 4.79 Å². The summed E-state index contributed by atoms with van der Waals surface area (Å²) < 4.78 is 5.64. The van der Waals surface area contributed by atoms with Crippen LogP contribution in [0.25, 0.3) is 0 Å². The summed E-state index contributed by atoms with van der Waals surface area (Å²) in [7, 11) is 4.09. The number of amides is 2. The molecule has 2 amide bonds. The maximum atomic E-state index is 12.3. The molecule has 2 aliphatic rings. The summed E-state index contributed by atoms with van der Waals surface area (Å²) >= 11 is 0. The van der Waals surface area contributed by atoms with Crippen LogP contribution in [-0.2, 0) is 4.74 Å². The molecule has 2 saturated heterocycles. The number of nitrogens with one attached hydrogen (secondary N) is 1. The summed E-state index contributed by atoms with van der Waals surface area (Å²) in [4.78, 5) is 16.5. The van der Waals surface area contributed by atoms with E-state index in [1.165, 1.54) is 25.7 Å². The van der Waals surface area contributed by atoms with Crippen molar-refractivity contribution in [3.05, 3.63) is 0 Å². The van der Waals surface area contributed by atoms with Crippen LogP contribution >= 0.6 is 0 Å². The Labute approximate surface area is 135 Å². The lowest BCUT2D eigenvalue weighted by Gasteiger charge is -2.32. The van der Waals surface area contributed by atoms with Crippen molar-refractivity contribution in [3.8, 4) is 0 Å². The van der Waals surface area contributed by atoms with E-state index in [-0.39, 0.29) is 12.1 Å². The number of carbonyl (C=O) groups excluding carboxylic acids is 1. The molecule has 2 unspecified atom stereocenters. The minimum Gasteiger partial charge on any atom is -0.378 e. The molecule has 0 spiro atoms. The predicted molar refractivity (Wildman–Crippen MR) is 89.1 cm³/mol. The number of hydrogen-bond donors (Lipinski definition) is 1. The largest absolute Gasteiger partial charge is 0.378 e. The van der Waals surface area contributed by atoms with Crippen LogP contribution in [0.5, 0.6) is 0 Å². The zero-order chi connectivity index (χ0) is 15.9. The van der Waals surface area contributed by atoms with Crippen LogP contribution in [0.3, 0.4) is 0 Å². The molecule has 0 aliphatic carbocycles. The van der Waals surface area contributed by atoms with Crippen LogP contribution in [0, 0.1) is 5.92 Å². The van der Waals surface area contributed by atoms with Crippen LogP contribution < -0.4 is 5.32 Å². The Bertz CT molecular complexity index is 337. The Morgan fingerprint density at radius 3 is 2.73 bits per heavy atom. The summed E-state index contributed by atoms with van der Waals surface area (Å²) in [6, 6.07) is 0.287. The molecule has 0 bridgehead atoms. The van der Waals surface area contributed by atoms with E-state index in [9.17, 15) is 4.79 Å². The molecular formula is C17H33N3O2. The number of rotatable bonds is 6. The Hall–Kier alpha value is -0.810. The lowest BCUT2D eigenvalue weighted by Crippen LogP contribution is -2.45. The number of nitrogens with zero attached hydrogens (tertiary/aromatic N) is 2.